The van der Waals surface area contributed by atoms with Crippen LogP contribution in [0.2, 0.25) is 0 Å². The fourth-order valence-electron chi connectivity index (χ4n) is 14.0. The molecule has 0 spiro atoms. The fraction of sp³-hybridized carbons (Fsp3) is 0.897. The molecule has 0 aromatic rings. The molecule has 9 aliphatic rings. The van der Waals surface area contributed by atoms with Crippen LogP contribution in [0.1, 0.15) is 90.4 Å². The zero-order chi connectivity index (χ0) is 63.4. The molecule has 0 amide bonds. The second kappa shape index (κ2) is 31.1. The average molecular weight is 1270 g/mol. The Bertz CT molecular complexity index is 2260. The maximum absolute atomic E-state index is 13.2. The van der Waals surface area contributed by atoms with Crippen LogP contribution in [0.4, 0.5) is 0 Å². The largest absolute Gasteiger partial charge is 0.460 e. The third kappa shape index (κ3) is 16.5. The molecule has 4 saturated carbocycles. The van der Waals surface area contributed by atoms with Gasteiger partial charge in [0.2, 0.25) is 0 Å². The van der Waals surface area contributed by atoms with E-state index in [9.17, 15) is 91.3 Å². The first-order valence-electron chi connectivity index (χ1n) is 30.9. The van der Waals surface area contributed by atoms with E-state index in [1.165, 1.54) is 26.2 Å². The molecule has 30 nitrogen and oxygen atoms in total. The van der Waals surface area contributed by atoms with Crippen molar-refractivity contribution in [1.29, 1.82) is 0 Å². The zero-order valence-corrected chi connectivity index (χ0v) is 49.2. The van der Waals surface area contributed by atoms with Gasteiger partial charge in [0.05, 0.1) is 68.0 Å². The predicted octanol–water partition coefficient (Wildman–Crippen LogP) is -6.06. The lowest BCUT2D eigenvalue weighted by molar-refractivity contribution is -0.370. The maximum Gasteiger partial charge on any atom is 0.330 e. The Labute approximate surface area is 508 Å². The molecule has 17 N–H and O–H groups in total. The monoisotopic (exact) mass is 1270 g/mol. The van der Waals surface area contributed by atoms with Crippen LogP contribution in [0.5, 0.6) is 0 Å². The molecule has 88 heavy (non-hydrogen) atoms. The van der Waals surface area contributed by atoms with Crippen LogP contribution in [0.15, 0.2) is 24.3 Å². The number of fused-ring (bicyclic) bond motifs is 1. The highest BCUT2D eigenvalue weighted by molar-refractivity contribution is 5.82. The molecule has 0 aromatic carbocycles. The van der Waals surface area contributed by atoms with E-state index in [0.29, 0.717) is 51.4 Å². The zero-order valence-electron chi connectivity index (χ0n) is 49.2. The van der Waals surface area contributed by atoms with E-state index < -0.39 is 222 Å². The summed E-state index contributed by atoms with van der Waals surface area (Å²) in [6.45, 7) is -0.305. The van der Waals surface area contributed by atoms with Crippen molar-refractivity contribution in [2.45, 2.75) is 274 Å². The van der Waals surface area contributed by atoms with E-state index in [2.05, 4.69) is 0 Å². The number of methoxy groups -OCH3 is 1. The van der Waals surface area contributed by atoms with Crippen molar-refractivity contribution in [3.05, 3.63) is 24.3 Å². The smallest absolute Gasteiger partial charge is 0.330 e. The van der Waals surface area contributed by atoms with Crippen molar-refractivity contribution in [2.75, 3.05) is 26.9 Å². The SMILES string of the molecule is COC1CCC(C2[OH+]C3CC(O)CC(O[C@@H]4O[C@H](CO)[C@@H](O)[C@H](O)[C@H]4O)C3CC2O[C@@H]2O[C@H](CO[C@@H]3O[C@@H](C)[C@H](OC(=O)C=CC4CCC(O[C@@H]5O[C@H](COC(=O)C=CC6CCC(O)C(O)C6)[C@@H](O)[C@H](O)[C@H]5O)CC4)[C@@H](O)[C@H]3O)[C@@H](O)[C@H](O)[C@H]2O)CC1O. The van der Waals surface area contributed by atoms with Gasteiger partial charge in [-0.05, 0) is 89.4 Å². The number of allylic oxidation sites excluding steroid dienone is 2. The summed E-state index contributed by atoms with van der Waals surface area (Å²) < 4.78 is 69.4. The maximum atomic E-state index is 13.2. The van der Waals surface area contributed by atoms with Crippen LogP contribution in [-0.4, -0.2) is 309 Å². The summed E-state index contributed by atoms with van der Waals surface area (Å²) in [4.78, 5) is 25.6. The summed E-state index contributed by atoms with van der Waals surface area (Å²) in [6, 6.07) is 0. The van der Waals surface area contributed by atoms with Crippen LogP contribution in [0.3, 0.4) is 0 Å². The van der Waals surface area contributed by atoms with Crippen LogP contribution in [-0.2, 0) is 61.7 Å². The molecular formula is C58H93O30+. The number of ether oxygens (including phenoxy) is 12. The number of hydrogen-bond acceptors (Lipinski definition) is 29. The Hall–Kier alpha value is -2.62. The van der Waals surface area contributed by atoms with E-state index in [1.807, 2.05) is 0 Å². The standard InChI is InChI=1S/C58H92O30/c1-23-53(88-41(65)14-6-24-3-9-28(10-4-24)81-56-49(73)46(70)43(67)38(86-56)21-78-40(64)13-7-25-5-11-30(61)31(62)15-25)48(72)52(76)55(80-23)79-22-39-44(68)47(71)51(75)58(87-39)84-36-19-29-34(82-54(36)26-8-12-33(77-2)32(63)16-26)17-27(60)18-35(29)83-57-50(74)45(69)42(66)37(20-59)85-57/h6-7,13-14,23-39,42-63,66-76H,3-5,8-12,15-22H2,1-2H3/p+1/t23-,24?,25?,26?,27?,28?,29?,30?,31?,32?,33?,34?,35?,36?,37+,38+,39+,42+,43+,44+,45-,46-,47-,48-,49+,50+,51+,52+,53-,54?,55+,56+,57+,58+/m0/s1. The minimum absolute atomic E-state index is 0.0283. The summed E-state index contributed by atoms with van der Waals surface area (Å²) in [5.74, 6) is -2.77. The topological polar surface area (TPSA) is 472 Å². The van der Waals surface area contributed by atoms with Crippen LogP contribution >= 0.6 is 0 Å². The molecule has 504 valence electrons. The first-order valence-corrected chi connectivity index (χ1v) is 30.9. The van der Waals surface area contributed by atoms with Gasteiger partial charge in [0.1, 0.15) is 98.2 Å². The van der Waals surface area contributed by atoms with Gasteiger partial charge in [-0.25, -0.2) is 9.59 Å². The first-order chi connectivity index (χ1) is 41.9. The van der Waals surface area contributed by atoms with Gasteiger partial charge in [-0.1, -0.05) is 12.2 Å². The molecule has 0 bridgehead atoms. The molecule has 30 heteroatoms. The van der Waals surface area contributed by atoms with E-state index in [1.54, 1.807) is 12.2 Å². The Morgan fingerprint density at radius 1 is 0.500 bits per heavy atom. The molecule has 4 aliphatic carbocycles. The summed E-state index contributed by atoms with van der Waals surface area (Å²) in [5, 5.41) is 172. The molecule has 5 saturated heterocycles. The second-order valence-electron chi connectivity index (χ2n) is 25.4. The number of carbonyl (C=O) groups excluding carboxylic acids is 2. The van der Waals surface area contributed by atoms with E-state index in [4.69, 9.17) is 56.8 Å². The number of aliphatic hydroxyl groups excluding tert-OH is 16. The number of aliphatic hydroxyl groups is 18. The lowest BCUT2D eigenvalue weighted by Crippen LogP contribution is -2.64. The van der Waals surface area contributed by atoms with Gasteiger partial charge in [-0.2, -0.15) is 0 Å². The van der Waals surface area contributed by atoms with Gasteiger partial charge in [-0.3, -0.25) is 0 Å². The predicted molar refractivity (Wildman–Crippen MR) is 292 cm³/mol. The third-order valence-electron chi connectivity index (χ3n) is 19.3. The van der Waals surface area contributed by atoms with Gasteiger partial charge < -0.3 is 139 Å². The molecule has 32 atom stereocenters. The van der Waals surface area contributed by atoms with E-state index in [0.717, 1.165) is 0 Å². The Kier molecular flexibility index (Phi) is 24.6. The number of hydrogen-bond donors (Lipinski definition) is 16. The number of esters is 2. The lowest BCUT2D eigenvalue weighted by Gasteiger charge is -2.50. The van der Waals surface area contributed by atoms with Gasteiger partial charge in [0.15, 0.2) is 43.5 Å². The summed E-state index contributed by atoms with van der Waals surface area (Å²) in [5.41, 5.74) is 0. The molecule has 5 aliphatic heterocycles. The van der Waals surface area contributed by atoms with Crippen LogP contribution in [0, 0.1) is 23.7 Å². The summed E-state index contributed by atoms with van der Waals surface area (Å²) in [6.07, 6.45) is -28.9. The van der Waals surface area contributed by atoms with Crippen molar-refractivity contribution in [1.82, 2.24) is 0 Å². The quantitative estimate of drug-likeness (QED) is 0.0325. The molecular weight excluding hydrogens is 1180 g/mol. The molecule has 5 heterocycles. The Morgan fingerprint density at radius 2 is 1.07 bits per heavy atom. The summed E-state index contributed by atoms with van der Waals surface area (Å²) >= 11 is 0. The second-order valence-corrected chi connectivity index (χ2v) is 25.4. The van der Waals surface area contributed by atoms with Crippen molar-refractivity contribution >= 4 is 11.9 Å². The molecule has 0 aromatic heterocycles. The highest BCUT2D eigenvalue weighted by atomic mass is 16.7. The van der Waals surface area contributed by atoms with Crippen molar-refractivity contribution in [3.63, 3.8) is 0 Å². The van der Waals surface area contributed by atoms with E-state index >= 15 is 0 Å². The molecule has 12 unspecified atom stereocenters. The van der Waals surface area contributed by atoms with Crippen molar-refractivity contribution < 1.29 is 148 Å². The molecule has 0 radical (unpaired) electrons. The normalized spacial score (nSPS) is 49.7. The third-order valence-corrected chi connectivity index (χ3v) is 19.3. The van der Waals surface area contributed by atoms with E-state index in [-0.39, 0.29) is 49.9 Å². The Balaban J connectivity index is 0.750. The lowest BCUT2D eigenvalue weighted by atomic mass is 9.72. The van der Waals surface area contributed by atoms with Gasteiger partial charge >= 0.3 is 11.9 Å². The highest BCUT2D eigenvalue weighted by Crippen LogP contribution is 2.45. The Morgan fingerprint density at radius 3 is 1.69 bits per heavy atom. The first kappa shape index (κ1) is 69.7. The van der Waals surface area contributed by atoms with Crippen molar-refractivity contribution in [2.24, 2.45) is 23.7 Å². The van der Waals surface area contributed by atoms with Crippen LogP contribution < -0.4 is 0 Å². The molecule has 9 fully saturated rings. The minimum Gasteiger partial charge on any atom is -0.460 e. The number of carbonyl (C=O) groups is 2. The van der Waals surface area contributed by atoms with Crippen LogP contribution in [0.25, 0.3) is 0 Å². The fourth-order valence-corrected chi connectivity index (χ4v) is 14.0. The minimum atomic E-state index is -1.88. The molecule has 9 rings (SSSR count). The van der Waals surface area contributed by atoms with Gasteiger partial charge in [0, 0.05) is 38.0 Å². The van der Waals surface area contributed by atoms with Crippen molar-refractivity contribution in [3.8, 4) is 0 Å². The summed E-state index contributed by atoms with van der Waals surface area (Å²) in [7, 11) is 1.50. The van der Waals surface area contributed by atoms with Gasteiger partial charge in [0.25, 0.3) is 0 Å². The average Bonchev–Trinajstić information content (AvgIpc) is 2.00. The number of rotatable bonds is 19. The van der Waals surface area contributed by atoms with Gasteiger partial charge in [-0.15, -0.1) is 0 Å². The highest BCUT2D eigenvalue weighted by Gasteiger charge is 2.58.